The largest absolute Gasteiger partial charge is 0.472 e. The molecule has 1 unspecified atom stereocenters. The lowest BCUT2D eigenvalue weighted by molar-refractivity contribution is -0.127. The third-order valence-corrected chi connectivity index (χ3v) is 2.87. The Kier molecular flexibility index (Phi) is 3.06. The minimum Gasteiger partial charge on any atom is -0.472 e. The minimum atomic E-state index is -0.673. The highest BCUT2D eigenvalue weighted by molar-refractivity contribution is 5.79. The molecule has 0 bridgehead atoms. The predicted octanol–water partition coefficient (Wildman–Crippen LogP) is 1.23. The molecular weight excluding hydrogens is 194 g/mol. The summed E-state index contributed by atoms with van der Waals surface area (Å²) in [6.45, 7) is 0.259. The van der Waals surface area contributed by atoms with Crippen molar-refractivity contribution >= 4 is 5.91 Å². The molecule has 1 aliphatic rings. The van der Waals surface area contributed by atoms with Crippen LogP contribution in [0.25, 0.3) is 0 Å². The SMILES string of the molecule is O=C(NCC(O)c1ccoc1)C1CCC1. The molecule has 0 aromatic carbocycles. The molecule has 4 nitrogen and oxygen atoms in total. The van der Waals surface area contributed by atoms with Gasteiger partial charge in [-0.25, -0.2) is 0 Å². The van der Waals surface area contributed by atoms with Gasteiger partial charge in [-0.3, -0.25) is 4.79 Å². The van der Waals surface area contributed by atoms with Crippen LogP contribution in [-0.4, -0.2) is 17.6 Å². The van der Waals surface area contributed by atoms with Gasteiger partial charge in [-0.05, 0) is 18.9 Å². The molecule has 0 spiro atoms. The van der Waals surface area contributed by atoms with Crippen LogP contribution < -0.4 is 5.32 Å². The highest BCUT2D eigenvalue weighted by Gasteiger charge is 2.25. The number of furan rings is 1. The van der Waals surface area contributed by atoms with Gasteiger partial charge in [0.05, 0.1) is 18.6 Å². The Morgan fingerprint density at radius 2 is 2.47 bits per heavy atom. The Labute approximate surface area is 88.3 Å². The summed E-state index contributed by atoms with van der Waals surface area (Å²) in [4.78, 5) is 11.5. The van der Waals surface area contributed by atoms with E-state index in [1.54, 1.807) is 6.07 Å². The van der Waals surface area contributed by atoms with Crippen molar-refractivity contribution in [1.29, 1.82) is 0 Å². The maximum absolute atomic E-state index is 11.5. The second-order valence-electron chi connectivity index (χ2n) is 3.95. The zero-order valence-corrected chi connectivity index (χ0v) is 8.48. The first-order valence-electron chi connectivity index (χ1n) is 5.25. The number of carbonyl (C=O) groups excluding carboxylic acids is 1. The predicted molar refractivity (Wildman–Crippen MR) is 54.0 cm³/mol. The van der Waals surface area contributed by atoms with E-state index in [1.807, 2.05) is 0 Å². The molecule has 0 radical (unpaired) electrons. The molecule has 1 aromatic heterocycles. The van der Waals surface area contributed by atoms with E-state index in [0.717, 1.165) is 19.3 Å². The second-order valence-corrected chi connectivity index (χ2v) is 3.95. The van der Waals surface area contributed by atoms with E-state index < -0.39 is 6.10 Å². The topological polar surface area (TPSA) is 62.5 Å². The average Bonchev–Trinajstić information content (AvgIpc) is 2.63. The van der Waals surface area contributed by atoms with Gasteiger partial charge < -0.3 is 14.8 Å². The molecule has 4 heteroatoms. The van der Waals surface area contributed by atoms with Gasteiger partial charge in [0, 0.05) is 18.0 Å². The zero-order chi connectivity index (χ0) is 10.7. The summed E-state index contributed by atoms with van der Waals surface area (Å²) in [5.74, 6) is 0.227. The second kappa shape index (κ2) is 4.49. The van der Waals surface area contributed by atoms with Gasteiger partial charge in [0.15, 0.2) is 0 Å². The zero-order valence-electron chi connectivity index (χ0n) is 8.48. The third-order valence-electron chi connectivity index (χ3n) is 2.87. The molecule has 2 N–H and O–H groups in total. The normalized spacial score (nSPS) is 18.2. The van der Waals surface area contributed by atoms with Crippen LogP contribution in [0.1, 0.15) is 30.9 Å². The molecule has 0 saturated heterocycles. The van der Waals surface area contributed by atoms with Crippen molar-refractivity contribution in [3.8, 4) is 0 Å². The van der Waals surface area contributed by atoms with Gasteiger partial charge in [-0.2, -0.15) is 0 Å². The van der Waals surface area contributed by atoms with Crippen LogP contribution in [0.3, 0.4) is 0 Å². The lowest BCUT2D eigenvalue weighted by atomic mass is 9.85. The van der Waals surface area contributed by atoms with E-state index in [2.05, 4.69) is 5.32 Å². The molecule has 1 atom stereocenters. The monoisotopic (exact) mass is 209 g/mol. The van der Waals surface area contributed by atoms with Crippen molar-refractivity contribution in [3.05, 3.63) is 24.2 Å². The fourth-order valence-electron chi connectivity index (χ4n) is 1.59. The summed E-state index contributed by atoms with van der Waals surface area (Å²) in [7, 11) is 0. The number of hydrogen-bond donors (Lipinski definition) is 2. The molecular formula is C11H15NO3. The first-order chi connectivity index (χ1) is 7.27. The van der Waals surface area contributed by atoms with Gasteiger partial charge in [-0.1, -0.05) is 6.42 Å². The smallest absolute Gasteiger partial charge is 0.223 e. The van der Waals surface area contributed by atoms with E-state index in [0.29, 0.717) is 5.56 Å². The van der Waals surface area contributed by atoms with Crippen molar-refractivity contribution in [2.24, 2.45) is 5.92 Å². The van der Waals surface area contributed by atoms with Crippen molar-refractivity contribution < 1.29 is 14.3 Å². The molecule has 0 aliphatic heterocycles. The van der Waals surface area contributed by atoms with Crippen molar-refractivity contribution in [3.63, 3.8) is 0 Å². The van der Waals surface area contributed by atoms with E-state index >= 15 is 0 Å². The number of hydrogen-bond acceptors (Lipinski definition) is 3. The molecule has 1 amide bonds. The standard InChI is InChI=1S/C11H15NO3/c13-10(9-4-5-15-7-9)6-12-11(14)8-2-1-3-8/h4-5,7-8,10,13H,1-3,6H2,(H,12,14). The molecule has 1 fully saturated rings. The fraction of sp³-hybridized carbons (Fsp3) is 0.545. The van der Waals surface area contributed by atoms with E-state index in [1.165, 1.54) is 12.5 Å². The summed E-state index contributed by atoms with van der Waals surface area (Å²) in [6.07, 6.45) is 5.42. The van der Waals surface area contributed by atoms with Crippen LogP contribution >= 0.6 is 0 Å². The molecule has 15 heavy (non-hydrogen) atoms. The number of aliphatic hydroxyl groups is 1. The summed E-state index contributed by atoms with van der Waals surface area (Å²) in [6, 6.07) is 1.69. The molecule has 1 aromatic rings. The van der Waals surface area contributed by atoms with E-state index in [-0.39, 0.29) is 18.4 Å². The van der Waals surface area contributed by atoms with Gasteiger partial charge in [0.2, 0.25) is 5.91 Å². The number of carbonyl (C=O) groups is 1. The summed E-state index contributed by atoms with van der Waals surface area (Å²) in [5.41, 5.74) is 0.698. The number of nitrogens with one attached hydrogen (secondary N) is 1. The Bertz CT molecular complexity index is 317. The Hall–Kier alpha value is -1.29. The van der Waals surface area contributed by atoms with Crippen LogP contribution in [-0.2, 0) is 4.79 Å². The van der Waals surface area contributed by atoms with Gasteiger partial charge >= 0.3 is 0 Å². The highest BCUT2D eigenvalue weighted by Crippen LogP contribution is 2.26. The molecule has 2 rings (SSSR count). The summed E-state index contributed by atoms with van der Waals surface area (Å²) >= 11 is 0. The van der Waals surface area contributed by atoms with Crippen molar-refractivity contribution in [2.45, 2.75) is 25.4 Å². The van der Waals surface area contributed by atoms with Crippen molar-refractivity contribution in [1.82, 2.24) is 5.32 Å². The van der Waals surface area contributed by atoms with Crippen LogP contribution in [0, 0.1) is 5.92 Å². The van der Waals surface area contributed by atoms with Crippen LogP contribution in [0.15, 0.2) is 23.0 Å². The fourth-order valence-corrected chi connectivity index (χ4v) is 1.59. The number of amides is 1. The molecule has 1 saturated carbocycles. The van der Waals surface area contributed by atoms with Crippen LogP contribution in [0.4, 0.5) is 0 Å². The van der Waals surface area contributed by atoms with Crippen LogP contribution in [0.2, 0.25) is 0 Å². The van der Waals surface area contributed by atoms with Gasteiger partial charge in [-0.15, -0.1) is 0 Å². The lowest BCUT2D eigenvalue weighted by Crippen LogP contribution is -2.36. The molecule has 1 heterocycles. The maximum Gasteiger partial charge on any atom is 0.223 e. The summed E-state index contributed by atoms with van der Waals surface area (Å²) < 4.78 is 4.85. The Morgan fingerprint density at radius 1 is 1.67 bits per heavy atom. The van der Waals surface area contributed by atoms with Gasteiger partial charge in [0.25, 0.3) is 0 Å². The Balaban J connectivity index is 1.75. The number of aliphatic hydroxyl groups excluding tert-OH is 1. The number of rotatable bonds is 4. The quantitative estimate of drug-likeness (QED) is 0.784. The van der Waals surface area contributed by atoms with Gasteiger partial charge in [0.1, 0.15) is 0 Å². The molecule has 82 valence electrons. The van der Waals surface area contributed by atoms with Crippen molar-refractivity contribution in [2.75, 3.05) is 6.54 Å². The lowest BCUT2D eigenvalue weighted by Gasteiger charge is -2.24. The minimum absolute atomic E-state index is 0.0591. The first-order valence-corrected chi connectivity index (χ1v) is 5.25. The summed E-state index contributed by atoms with van der Waals surface area (Å²) in [5, 5.41) is 12.4. The average molecular weight is 209 g/mol. The first kappa shape index (κ1) is 10.2. The van der Waals surface area contributed by atoms with E-state index in [4.69, 9.17) is 4.42 Å². The third kappa shape index (κ3) is 2.39. The van der Waals surface area contributed by atoms with E-state index in [9.17, 15) is 9.90 Å². The molecule has 1 aliphatic carbocycles. The highest BCUT2D eigenvalue weighted by atomic mass is 16.3. The maximum atomic E-state index is 11.5. The Morgan fingerprint density at radius 3 is 3.00 bits per heavy atom. The van der Waals surface area contributed by atoms with Crippen LogP contribution in [0.5, 0.6) is 0 Å².